The number of benzene rings is 3. The van der Waals surface area contributed by atoms with Gasteiger partial charge in [0.25, 0.3) is 0 Å². The van der Waals surface area contributed by atoms with Gasteiger partial charge in [0.1, 0.15) is 23.9 Å². The minimum atomic E-state index is 0.449. The van der Waals surface area contributed by atoms with Crippen molar-refractivity contribution < 1.29 is 9.47 Å². The molecule has 0 aliphatic heterocycles. The van der Waals surface area contributed by atoms with Crippen molar-refractivity contribution in [1.82, 2.24) is 9.97 Å². The van der Waals surface area contributed by atoms with Crippen LogP contribution in [0.15, 0.2) is 72.9 Å². The number of nitrogens with zero attached hydrogens (tertiary/aromatic N) is 1. The normalized spacial score (nSPS) is 10.7. The lowest BCUT2D eigenvalue weighted by Gasteiger charge is -2.11. The molecule has 29 heavy (non-hydrogen) atoms. The van der Waals surface area contributed by atoms with Gasteiger partial charge in [-0.1, -0.05) is 35.3 Å². The molecule has 4 nitrogen and oxygen atoms in total. The number of hydrogen-bond donors (Lipinski definition) is 1. The average Bonchev–Trinajstić information content (AvgIpc) is 3.23. The number of ether oxygens (including phenoxy) is 2. The molecule has 4 rings (SSSR count). The van der Waals surface area contributed by atoms with E-state index in [1.807, 2.05) is 66.7 Å². The summed E-state index contributed by atoms with van der Waals surface area (Å²) < 4.78 is 11.5. The van der Waals surface area contributed by atoms with Crippen LogP contribution in [0.1, 0.15) is 5.56 Å². The third-order valence-corrected chi connectivity index (χ3v) is 4.98. The van der Waals surface area contributed by atoms with Crippen LogP contribution in [0.25, 0.3) is 22.6 Å². The van der Waals surface area contributed by atoms with Gasteiger partial charge in [0.15, 0.2) is 0 Å². The van der Waals surface area contributed by atoms with Gasteiger partial charge in [0, 0.05) is 27.2 Å². The summed E-state index contributed by atoms with van der Waals surface area (Å²) in [6.07, 6.45) is 1.79. The Hall–Kier alpha value is -2.95. The van der Waals surface area contributed by atoms with Crippen LogP contribution in [0.2, 0.25) is 10.0 Å². The minimum absolute atomic E-state index is 0.449. The molecule has 1 N–H and O–H groups in total. The molecule has 0 spiro atoms. The number of aromatic amines is 1. The van der Waals surface area contributed by atoms with Crippen molar-refractivity contribution >= 4 is 23.2 Å². The van der Waals surface area contributed by atoms with E-state index in [4.69, 9.17) is 32.7 Å². The fraction of sp³-hybridized carbons (Fsp3) is 0.0870. The molecule has 1 aromatic heterocycles. The summed E-state index contributed by atoms with van der Waals surface area (Å²) in [5.41, 5.74) is 3.76. The molecule has 0 atom stereocenters. The monoisotopic (exact) mass is 424 g/mol. The van der Waals surface area contributed by atoms with Crippen LogP contribution in [0.5, 0.6) is 11.5 Å². The van der Waals surface area contributed by atoms with Crippen molar-refractivity contribution in [3.8, 4) is 34.1 Å². The standard InChI is InChI=1S/C23H18Cl2N2O2/c1-28-22-12-19(29-14-15-2-6-17(24)7-3-15)10-11-20(22)21-13-26-23(27-21)16-4-8-18(25)9-5-16/h2-13H,14H2,1H3,(H,26,27). The van der Waals surface area contributed by atoms with E-state index in [1.165, 1.54) is 0 Å². The lowest BCUT2D eigenvalue weighted by molar-refractivity contribution is 0.304. The van der Waals surface area contributed by atoms with Gasteiger partial charge >= 0.3 is 0 Å². The van der Waals surface area contributed by atoms with Crippen molar-refractivity contribution in [3.05, 3.63) is 88.5 Å². The molecule has 0 unspecified atom stereocenters. The first-order chi connectivity index (χ1) is 14.1. The molecule has 0 aliphatic rings. The Kier molecular flexibility index (Phi) is 5.74. The van der Waals surface area contributed by atoms with Crippen molar-refractivity contribution in [2.75, 3.05) is 7.11 Å². The molecule has 4 aromatic rings. The van der Waals surface area contributed by atoms with Crippen LogP contribution in [0, 0.1) is 0 Å². The molecule has 0 saturated carbocycles. The van der Waals surface area contributed by atoms with Gasteiger partial charge in [-0.3, -0.25) is 0 Å². The van der Waals surface area contributed by atoms with E-state index < -0.39 is 0 Å². The van der Waals surface area contributed by atoms with E-state index in [9.17, 15) is 0 Å². The summed E-state index contributed by atoms with van der Waals surface area (Å²) in [6, 6.07) is 20.8. The maximum absolute atomic E-state index is 5.96. The van der Waals surface area contributed by atoms with Gasteiger partial charge in [-0.25, -0.2) is 4.98 Å². The molecule has 0 radical (unpaired) electrons. The first-order valence-corrected chi connectivity index (χ1v) is 9.74. The largest absolute Gasteiger partial charge is 0.496 e. The highest BCUT2D eigenvalue weighted by molar-refractivity contribution is 6.30. The molecule has 0 aliphatic carbocycles. The van der Waals surface area contributed by atoms with E-state index in [-0.39, 0.29) is 0 Å². The van der Waals surface area contributed by atoms with Gasteiger partial charge in [-0.15, -0.1) is 0 Å². The predicted molar refractivity (Wildman–Crippen MR) is 117 cm³/mol. The third-order valence-electron chi connectivity index (χ3n) is 4.48. The van der Waals surface area contributed by atoms with Crippen molar-refractivity contribution in [2.24, 2.45) is 0 Å². The van der Waals surface area contributed by atoms with Crippen molar-refractivity contribution in [3.63, 3.8) is 0 Å². The molecule has 0 amide bonds. The molecule has 3 aromatic carbocycles. The lowest BCUT2D eigenvalue weighted by atomic mass is 10.1. The molecular weight excluding hydrogens is 407 g/mol. The number of aromatic nitrogens is 2. The Balaban J connectivity index is 1.54. The topological polar surface area (TPSA) is 47.1 Å². The first kappa shape index (κ1) is 19.4. The highest BCUT2D eigenvalue weighted by Gasteiger charge is 2.12. The van der Waals surface area contributed by atoms with Gasteiger partial charge in [-0.2, -0.15) is 0 Å². The first-order valence-electron chi connectivity index (χ1n) is 8.99. The van der Waals surface area contributed by atoms with Crippen LogP contribution < -0.4 is 9.47 Å². The number of imidazole rings is 1. The molecular formula is C23H18Cl2N2O2. The molecule has 0 bridgehead atoms. The highest BCUT2D eigenvalue weighted by atomic mass is 35.5. The van der Waals surface area contributed by atoms with Gasteiger partial charge in [0.05, 0.1) is 19.0 Å². The fourth-order valence-corrected chi connectivity index (χ4v) is 3.20. The van der Waals surface area contributed by atoms with Crippen LogP contribution in [0.4, 0.5) is 0 Å². The number of hydrogen-bond acceptors (Lipinski definition) is 3. The van der Waals surface area contributed by atoms with E-state index >= 15 is 0 Å². The maximum Gasteiger partial charge on any atom is 0.137 e. The minimum Gasteiger partial charge on any atom is -0.496 e. The van der Waals surface area contributed by atoms with Crippen LogP contribution in [-0.2, 0) is 6.61 Å². The molecule has 1 heterocycles. The van der Waals surface area contributed by atoms with Crippen molar-refractivity contribution in [2.45, 2.75) is 6.61 Å². The Morgan fingerprint density at radius 1 is 0.897 bits per heavy atom. The van der Waals surface area contributed by atoms with Crippen LogP contribution >= 0.6 is 23.2 Å². The number of rotatable bonds is 6. The van der Waals surface area contributed by atoms with E-state index in [2.05, 4.69) is 9.97 Å². The Bertz CT molecular complexity index is 1110. The van der Waals surface area contributed by atoms with Gasteiger partial charge in [-0.05, 0) is 54.1 Å². The molecule has 6 heteroatoms. The number of H-pyrrole nitrogens is 1. The summed E-state index contributed by atoms with van der Waals surface area (Å²) >= 11 is 11.9. The van der Waals surface area contributed by atoms with E-state index in [0.717, 1.165) is 34.0 Å². The smallest absolute Gasteiger partial charge is 0.137 e. The van der Waals surface area contributed by atoms with E-state index in [0.29, 0.717) is 22.4 Å². The third kappa shape index (κ3) is 4.56. The SMILES string of the molecule is COc1cc(OCc2ccc(Cl)cc2)ccc1-c1cnc(-c2ccc(Cl)cc2)[nH]1. The maximum atomic E-state index is 5.96. The lowest BCUT2D eigenvalue weighted by Crippen LogP contribution is -1.96. The fourth-order valence-electron chi connectivity index (χ4n) is 2.94. The quantitative estimate of drug-likeness (QED) is 0.377. The predicted octanol–water partition coefficient (Wildman–Crippen LogP) is 6.64. The van der Waals surface area contributed by atoms with Crippen molar-refractivity contribution in [1.29, 1.82) is 0 Å². The zero-order chi connectivity index (χ0) is 20.2. The number of nitrogens with one attached hydrogen (secondary N) is 1. The second-order valence-electron chi connectivity index (χ2n) is 6.43. The molecule has 0 saturated heterocycles. The highest BCUT2D eigenvalue weighted by Crippen LogP contribution is 2.33. The number of halogens is 2. The molecule has 0 fully saturated rings. The summed E-state index contributed by atoms with van der Waals surface area (Å²) in [5.74, 6) is 2.18. The second kappa shape index (κ2) is 8.60. The van der Waals surface area contributed by atoms with Gasteiger partial charge < -0.3 is 14.5 Å². The zero-order valence-corrected chi connectivity index (χ0v) is 17.2. The number of methoxy groups -OCH3 is 1. The summed E-state index contributed by atoms with van der Waals surface area (Å²) in [7, 11) is 1.64. The zero-order valence-electron chi connectivity index (χ0n) is 15.7. The van der Waals surface area contributed by atoms with Gasteiger partial charge in [0.2, 0.25) is 0 Å². The Labute approximate surface area is 179 Å². The van der Waals surface area contributed by atoms with Crippen LogP contribution in [-0.4, -0.2) is 17.1 Å². The van der Waals surface area contributed by atoms with Crippen LogP contribution in [0.3, 0.4) is 0 Å². The van der Waals surface area contributed by atoms with E-state index in [1.54, 1.807) is 13.3 Å². The Morgan fingerprint density at radius 3 is 2.28 bits per heavy atom. The average molecular weight is 425 g/mol. The molecule has 146 valence electrons. The summed E-state index contributed by atoms with van der Waals surface area (Å²) in [5, 5.41) is 1.40. The summed E-state index contributed by atoms with van der Waals surface area (Å²) in [6.45, 7) is 0.449. The summed E-state index contributed by atoms with van der Waals surface area (Å²) in [4.78, 5) is 7.81. The second-order valence-corrected chi connectivity index (χ2v) is 7.30. The Morgan fingerprint density at radius 2 is 1.59 bits per heavy atom.